The van der Waals surface area contributed by atoms with Gasteiger partial charge in [-0.05, 0) is 35.4 Å². The monoisotopic (exact) mass is 367 g/mol. The minimum atomic E-state index is -0.278. The summed E-state index contributed by atoms with van der Waals surface area (Å²) in [4.78, 5) is 13.5. The van der Waals surface area contributed by atoms with Gasteiger partial charge in [-0.1, -0.05) is 18.2 Å². The topological polar surface area (TPSA) is 47.6 Å². The van der Waals surface area contributed by atoms with Crippen molar-refractivity contribution in [3.05, 3.63) is 64.1 Å². The van der Waals surface area contributed by atoms with Crippen LogP contribution >= 0.6 is 11.3 Å². The fourth-order valence-electron chi connectivity index (χ4n) is 3.47. The predicted molar refractivity (Wildman–Crippen MR) is 97.4 cm³/mol. The Balaban J connectivity index is 1.59. The number of amides is 1. The summed E-state index contributed by atoms with van der Waals surface area (Å²) < 4.78 is 24.1. The van der Waals surface area contributed by atoms with Crippen LogP contribution in [0.5, 0.6) is 11.5 Å². The molecule has 26 heavy (non-hydrogen) atoms. The molecule has 0 saturated heterocycles. The van der Waals surface area contributed by atoms with Crippen LogP contribution in [0.15, 0.2) is 47.8 Å². The standard InChI is InChI=1S/C20H14FNO3S/c21-13-4-1-11(2-5-13)15-9-26-20-14(8-18(23)22-19(15)20)12-3-6-16-17(7-12)25-10-24-16/h1-7,9,14H,8,10H2,(H,22,23)/t14-/m0/s1. The van der Waals surface area contributed by atoms with Gasteiger partial charge >= 0.3 is 0 Å². The molecule has 0 saturated carbocycles. The molecule has 0 spiro atoms. The van der Waals surface area contributed by atoms with E-state index in [1.54, 1.807) is 23.5 Å². The molecule has 130 valence electrons. The maximum absolute atomic E-state index is 13.2. The summed E-state index contributed by atoms with van der Waals surface area (Å²) in [5, 5.41) is 5.01. The van der Waals surface area contributed by atoms with Crippen LogP contribution in [0.4, 0.5) is 10.1 Å². The van der Waals surface area contributed by atoms with Gasteiger partial charge in [0.1, 0.15) is 5.82 Å². The number of nitrogens with one attached hydrogen (secondary N) is 1. The van der Waals surface area contributed by atoms with Gasteiger partial charge < -0.3 is 14.8 Å². The summed E-state index contributed by atoms with van der Waals surface area (Å²) in [5.41, 5.74) is 3.65. The minimum Gasteiger partial charge on any atom is -0.454 e. The second-order valence-electron chi connectivity index (χ2n) is 6.31. The Morgan fingerprint density at radius 2 is 1.88 bits per heavy atom. The highest BCUT2D eigenvalue weighted by atomic mass is 32.1. The molecule has 6 heteroatoms. The fraction of sp³-hybridized carbons (Fsp3) is 0.150. The lowest BCUT2D eigenvalue weighted by atomic mass is 9.89. The molecule has 2 aromatic carbocycles. The number of ether oxygens (including phenoxy) is 2. The van der Waals surface area contributed by atoms with Crippen LogP contribution in [0.25, 0.3) is 11.1 Å². The normalized spacial score (nSPS) is 17.7. The zero-order valence-corrected chi connectivity index (χ0v) is 14.4. The van der Waals surface area contributed by atoms with Gasteiger partial charge in [0.2, 0.25) is 12.7 Å². The number of hydrogen-bond acceptors (Lipinski definition) is 4. The average Bonchev–Trinajstić information content (AvgIpc) is 3.27. The van der Waals surface area contributed by atoms with Crippen molar-refractivity contribution in [1.29, 1.82) is 0 Å². The van der Waals surface area contributed by atoms with Crippen LogP contribution in [0.2, 0.25) is 0 Å². The van der Waals surface area contributed by atoms with Crippen molar-refractivity contribution in [3.8, 4) is 22.6 Å². The minimum absolute atomic E-state index is 0.0260. The maximum Gasteiger partial charge on any atom is 0.231 e. The van der Waals surface area contributed by atoms with E-state index in [0.29, 0.717) is 12.2 Å². The molecule has 2 aliphatic rings. The molecular weight excluding hydrogens is 353 g/mol. The van der Waals surface area contributed by atoms with E-state index in [-0.39, 0.29) is 24.4 Å². The molecule has 0 unspecified atom stereocenters. The second-order valence-corrected chi connectivity index (χ2v) is 7.22. The molecule has 0 bridgehead atoms. The van der Waals surface area contributed by atoms with Gasteiger partial charge in [-0.2, -0.15) is 0 Å². The molecule has 2 aliphatic heterocycles. The molecule has 1 aromatic heterocycles. The largest absolute Gasteiger partial charge is 0.454 e. The number of fused-ring (bicyclic) bond motifs is 2. The summed E-state index contributed by atoms with van der Waals surface area (Å²) in [6, 6.07) is 12.1. The Kier molecular flexibility index (Phi) is 3.46. The number of carbonyl (C=O) groups excluding carboxylic acids is 1. The third kappa shape index (κ3) is 2.45. The SMILES string of the molecule is O=C1C[C@@H](c2ccc3c(c2)OCO3)c2scc(-c3ccc(F)cc3)c2N1. The lowest BCUT2D eigenvalue weighted by Crippen LogP contribution is -2.22. The van der Waals surface area contributed by atoms with Crippen molar-refractivity contribution in [3.63, 3.8) is 0 Å². The molecule has 3 aromatic rings. The van der Waals surface area contributed by atoms with Crippen molar-refractivity contribution in [2.45, 2.75) is 12.3 Å². The van der Waals surface area contributed by atoms with E-state index in [2.05, 4.69) is 5.32 Å². The van der Waals surface area contributed by atoms with Crippen LogP contribution in [0.1, 0.15) is 22.8 Å². The van der Waals surface area contributed by atoms with Crippen LogP contribution < -0.4 is 14.8 Å². The zero-order valence-electron chi connectivity index (χ0n) is 13.6. The van der Waals surface area contributed by atoms with Crippen molar-refractivity contribution >= 4 is 22.9 Å². The maximum atomic E-state index is 13.2. The molecule has 4 nitrogen and oxygen atoms in total. The van der Waals surface area contributed by atoms with Crippen LogP contribution in [0.3, 0.4) is 0 Å². The second kappa shape index (κ2) is 5.85. The highest BCUT2D eigenvalue weighted by Crippen LogP contribution is 2.47. The van der Waals surface area contributed by atoms with Crippen molar-refractivity contribution < 1.29 is 18.7 Å². The Labute approximate surface area is 153 Å². The molecule has 1 atom stereocenters. The molecule has 1 N–H and O–H groups in total. The molecule has 3 heterocycles. The van der Waals surface area contributed by atoms with Gasteiger partial charge in [-0.15, -0.1) is 11.3 Å². The predicted octanol–water partition coefficient (Wildman–Crippen LogP) is 4.76. The van der Waals surface area contributed by atoms with E-state index >= 15 is 0 Å². The highest BCUT2D eigenvalue weighted by molar-refractivity contribution is 7.11. The van der Waals surface area contributed by atoms with Crippen molar-refractivity contribution in [2.24, 2.45) is 0 Å². The Morgan fingerprint density at radius 3 is 2.73 bits per heavy atom. The van der Waals surface area contributed by atoms with Gasteiger partial charge in [0.15, 0.2) is 11.5 Å². The lowest BCUT2D eigenvalue weighted by molar-refractivity contribution is -0.116. The summed E-state index contributed by atoms with van der Waals surface area (Å²) in [6.07, 6.45) is 0.385. The van der Waals surface area contributed by atoms with Gasteiger partial charge in [0, 0.05) is 28.2 Å². The molecule has 5 rings (SSSR count). The zero-order chi connectivity index (χ0) is 17.7. The van der Waals surface area contributed by atoms with E-state index < -0.39 is 0 Å². The average molecular weight is 367 g/mol. The molecule has 0 fully saturated rings. The number of hydrogen-bond donors (Lipinski definition) is 1. The number of benzene rings is 2. The van der Waals surface area contributed by atoms with E-state index in [1.807, 2.05) is 23.6 Å². The summed E-state index contributed by atoms with van der Waals surface area (Å²) >= 11 is 1.61. The number of anilines is 1. The van der Waals surface area contributed by atoms with Crippen LogP contribution in [-0.2, 0) is 4.79 Å². The first-order valence-electron chi connectivity index (χ1n) is 8.26. The third-order valence-electron chi connectivity index (χ3n) is 4.74. The Morgan fingerprint density at radius 1 is 1.08 bits per heavy atom. The van der Waals surface area contributed by atoms with Gasteiger partial charge in [-0.25, -0.2) is 4.39 Å². The Bertz CT molecular complexity index is 1010. The van der Waals surface area contributed by atoms with Crippen LogP contribution in [-0.4, -0.2) is 12.7 Å². The van der Waals surface area contributed by atoms with Gasteiger partial charge in [0.05, 0.1) is 5.69 Å². The van der Waals surface area contributed by atoms with E-state index in [0.717, 1.165) is 33.0 Å². The van der Waals surface area contributed by atoms with Crippen molar-refractivity contribution in [2.75, 3.05) is 12.1 Å². The first kappa shape index (κ1) is 15.4. The quantitative estimate of drug-likeness (QED) is 0.711. The smallest absolute Gasteiger partial charge is 0.231 e. The first-order chi connectivity index (χ1) is 12.7. The Hall–Kier alpha value is -2.86. The van der Waals surface area contributed by atoms with Crippen LogP contribution in [0, 0.1) is 5.82 Å². The van der Waals surface area contributed by atoms with Gasteiger partial charge in [0.25, 0.3) is 0 Å². The molecule has 0 aliphatic carbocycles. The first-order valence-corrected chi connectivity index (χ1v) is 9.14. The number of rotatable bonds is 2. The van der Waals surface area contributed by atoms with Gasteiger partial charge in [-0.3, -0.25) is 4.79 Å². The van der Waals surface area contributed by atoms with E-state index in [1.165, 1.54) is 12.1 Å². The summed E-state index contributed by atoms with van der Waals surface area (Å²) in [6.45, 7) is 0.225. The number of carbonyl (C=O) groups is 1. The van der Waals surface area contributed by atoms with E-state index in [4.69, 9.17) is 9.47 Å². The summed E-state index contributed by atoms with van der Waals surface area (Å²) in [7, 11) is 0. The number of thiophene rings is 1. The molecule has 1 amide bonds. The summed E-state index contributed by atoms with van der Waals surface area (Å²) in [5.74, 6) is 1.10. The lowest BCUT2D eigenvalue weighted by Gasteiger charge is -2.24. The number of halogens is 1. The van der Waals surface area contributed by atoms with Crippen molar-refractivity contribution in [1.82, 2.24) is 0 Å². The van der Waals surface area contributed by atoms with E-state index in [9.17, 15) is 9.18 Å². The molecular formula is C20H14FNO3S. The molecule has 0 radical (unpaired) electrons. The fourth-order valence-corrected chi connectivity index (χ4v) is 4.63. The highest BCUT2D eigenvalue weighted by Gasteiger charge is 2.31. The third-order valence-corrected chi connectivity index (χ3v) is 5.84.